The normalized spacial score (nSPS) is 15.4. The zero-order chi connectivity index (χ0) is 13.6. The van der Waals surface area contributed by atoms with Gasteiger partial charge in [0.1, 0.15) is 0 Å². The largest absolute Gasteiger partial charge is 0.389 e. The zero-order valence-electron chi connectivity index (χ0n) is 10.3. The average Bonchev–Trinajstić information content (AvgIpc) is 2.33. The third kappa shape index (κ3) is 5.51. The van der Waals surface area contributed by atoms with Crippen LogP contribution in [0.5, 0.6) is 0 Å². The molecule has 2 N–H and O–H groups in total. The Labute approximate surface area is 105 Å². The SMILES string of the molecule is CC(OCCCC(F)(F)F)C(N)c1ccccc1. The predicted molar refractivity (Wildman–Crippen MR) is 64.1 cm³/mol. The fourth-order valence-electron chi connectivity index (χ4n) is 1.59. The maximum atomic E-state index is 11.9. The summed E-state index contributed by atoms with van der Waals surface area (Å²) in [5.74, 6) is 0. The van der Waals surface area contributed by atoms with Crippen LogP contribution in [0.3, 0.4) is 0 Å². The number of halogens is 3. The summed E-state index contributed by atoms with van der Waals surface area (Å²) in [5, 5.41) is 0. The van der Waals surface area contributed by atoms with Crippen molar-refractivity contribution in [3.63, 3.8) is 0 Å². The van der Waals surface area contributed by atoms with E-state index in [0.717, 1.165) is 5.56 Å². The quantitative estimate of drug-likeness (QED) is 0.796. The number of hydrogen-bond acceptors (Lipinski definition) is 2. The minimum absolute atomic E-state index is 0.0324. The minimum atomic E-state index is -4.12. The minimum Gasteiger partial charge on any atom is -0.377 e. The van der Waals surface area contributed by atoms with E-state index in [1.165, 1.54) is 0 Å². The Morgan fingerprint density at radius 2 is 1.83 bits per heavy atom. The van der Waals surface area contributed by atoms with E-state index in [1.54, 1.807) is 6.92 Å². The summed E-state index contributed by atoms with van der Waals surface area (Å²) in [7, 11) is 0. The highest BCUT2D eigenvalue weighted by atomic mass is 19.4. The number of ether oxygens (including phenoxy) is 1. The second-order valence-corrected chi connectivity index (χ2v) is 4.23. The molecule has 1 aromatic rings. The Bertz CT molecular complexity index is 340. The van der Waals surface area contributed by atoms with E-state index in [2.05, 4.69) is 0 Å². The monoisotopic (exact) mass is 261 g/mol. The van der Waals surface area contributed by atoms with Gasteiger partial charge in [-0.1, -0.05) is 30.3 Å². The van der Waals surface area contributed by atoms with E-state index in [-0.39, 0.29) is 25.2 Å². The summed E-state index contributed by atoms with van der Waals surface area (Å²) in [6.07, 6.45) is -5.27. The van der Waals surface area contributed by atoms with Gasteiger partial charge in [0.2, 0.25) is 0 Å². The first-order valence-electron chi connectivity index (χ1n) is 5.89. The number of nitrogens with two attached hydrogens (primary N) is 1. The van der Waals surface area contributed by atoms with Crippen molar-refractivity contribution in [1.82, 2.24) is 0 Å². The van der Waals surface area contributed by atoms with Gasteiger partial charge in [-0.15, -0.1) is 0 Å². The van der Waals surface area contributed by atoms with Crippen LogP contribution < -0.4 is 5.73 Å². The number of hydrogen-bond donors (Lipinski definition) is 1. The van der Waals surface area contributed by atoms with Gasteiger partial charge < -0.3 is 10.5 Å². The van der Waals surface area contributed by atoms with Crippen molar-refractivity contribution in [2.75, 3.05) is 6.61 Å². The lowest BCUT2D eigenvalue weighted by molar-refractivity contribution is -0.138. The molecule has 102 valence electrons. The average molecular weight is 261 g/mol. The third-order valence-corrected chi connectivity index (χ3v) is 2.68. The van der Waals surface area contributed by atoms with Gasteiger partial charge in [-0.25, -0.2) is 0 Å². The molecule has 2 atom stereocenters. The molecule has 0 aliphatic heterocycles. The Morgan fingerprint density at radius 1 is 1.22 bits per heavy atom. The zero-order valence-corrected chi connectivity index (χ0v) is 10.3. The summed E-state index contributed by atoms with van der Waals surface area (Å²) >= 11 is 0. The van der Waals surface area contributed by atoms with Crippen molar-refractivity contribution in [3.05, 3.63) is 35.9 Å². The van der Waals surface area contributed by atoms with Crippen molar-refractivity contribution >= 4 is 0 Å². The van der Waals surface area contributed by atoms with E-state index >= 15 is 0 Å². The Balaban J connectivity index is 2.31. The molecule has 0 bridgehead atoms. The fourth-order valence-corrected chi connectivity index (χ4v) is 1.59. The molecule has 0 saturated carbocycles. The van der Waals surface area contributed by atoms with E-state index in [4.69, 9.17) is 10.5 Å². The lowest BCUT2D eigenvalue weighted by Crippen LogP contribution is -2.26. The maximum Gasteiger partial charge on any atom is 0.389 e. The molecule has 0 aliphatic rings. The highest BCUT2D eigenvalue weighted by Crippen LogP contribution is 2.22. The van der Waals surface area contributed by atoms with Crippen molar-refractivity contribution in [2.24, 2.45) is 5.73 Å². The van der Waals surface area contributed by atoms with Crippen molar-refractivity contribution in [3.8, 4) is 0 Å². The van der Waals surface area contributed by atoms with Crippen LogP contribution in [-0.2, 0) is 4.74 Å². The molecule has 0 fully saturated rings. The summed E-state index contributed by atoms with van der Waals surface area (Å²) in [5.41, 5.74) is 6.88. The maximum absolute atomic E-state index is 11.9. The summed E-state index contributed by atoms with van der Waals surface area (Å²) < 4.78 is 41.1. The molecule has 0 heterocycles. The molecule has 0 saturated heterocycles. The molecule has 18 heavy (non-hydrogen) atoms. The summed E-state index contributed by atoms with van der Waals surface area (Å²) in [6.45, 7) is 1.84. The van der Waals surface area contributed by atoms with Gasteiger partial charge >= 0.3 is 6.18 Å². The lowest BCUT2D eigenvalue weighted by atomic mass is 10.0. The summed E-state index contributed by atoms with van der Waals surface area (Å²) in [4.78, 5) is 0. The molecule has 1 rings (SSSR count). The van der Waals surface area contributed by atoms with Crippen LogP contribution >= 0.6 is 0 Å². The van der Waals surface area contributed by atoms with Crippen molar-refractivity contribution in [1.29, 1.82) is 0 Å². The van der Waals surface area contributed by atoms with Crippen LogP contribution in [0, 0.1) is 0 Å². The van der Waals surface area contributed by atoms with Gasteiger partial charge in [0.15, 0.2) is 0 Å². The first-order valence-corrected chi connectivity index (χ1v) is 5.89. The van der Waals surface area contributed by atoms with E-state index in [1.807, 2.05) is 30.3 Å². The number of benzene rings is 1. The topological polar surface area (TPSA) is 35.2 Å². The van der Waals surface area contributed by atoms with Gasteiger partial charge in [-0.3, -0.25) is 0 Å². The van der Waals surface area contributed by atoms with Crippen LogP contribution in [0.4, 0.5) is 13.2 Å². The van der Waals surface area contributed by atoms with E-state index < -0.39 is 12.6 Å². The Morgan fingerprint density at radius 3 is 2.39 bits per heavy atom. The van der Waals surface area contributed by atoms with Crippen LogP contribution in [0.2, 0.25) is 0 Å². The molecule has 5 heteroatoms. The standard InChI is InChI=1S/C13H18F3NO/c1-10(18-9-5-8-13(14,15)16)12(17)11-6-3-2-4-7-11/h2-4,6-7,10,12H,5,8-9,17H2,1H3. The van der Waals surface area contributed by atoms with Crippen molar-refractivity contribution < 1.29 is 17.9 Å². The molecule has 0 radical (unpaired) electrons. The molecule has 2 nitrogen and oxygen atoms in total. The predicted octanol–water partition coefficient (Wildman–Crippen LogP) is 3.43. The highest BCUT2D eigenvalue weighted by Gasteiger charge is 2.26. The number of alkyl halides is 3. The van der Waals surface area contributed by atoms with Gasteiger partial charge in [-0.2, -0.15) is 13.2 Å². The van der Waals surface area contributed by atoms with Crippen LogP contribution in [0.15, 0.2) is 30.3 Å². The first kappa shape index (κ1) is 15.0. The van der Waals surface area contributed by atoms with Gasteiger partial charge in [0.25, 0.3) is 0 Å². The van der Waals surface area contributed by atoms with Gasteiger partial charge in [-0.05, 0) is 18.9 Å². The molecule has 1 aromatic carbocycles. The molecular formula is C13H18F3NO. The van der Waals surface area contributed by atoms with Crippen LogP contribution in [0.25, 0.3) is 0 Å². The van der Waals surface area contributed by atoms with E-state index in [0.29, 0.717) is 0 Å². The van der Waals surface area contributed by atoms with Gasteiger partial charge in [0, 0.05) is 13.0 Å². The fraction of sp³-hybridized carbons (Fsp3) is 0.538. The van der Waals surface area contributed by atoms with Crippen LogP contribution in [0.1, 0.15) is 31.4 Å². The molecule has 0 amide bonds. The van der Waals surface area contributed by atoms with Crippen LogP contribution in [-0.4, -0.2) is 18.9 Å². The second-order valence-electron chi connectivity index (χ2n) is 4.23. The molecular weight excluding hydrogens is 243 g/mol. The number of rotatable bonds is 6. The molecule has 0 aliphatic carbocycles. The first-order chi connectivity index (χ1) is 8.40. The Kier molecular flexibility index (Phi) is 5.62. The molecule has 0 spiro atoms. The lowest BCUT2D eigenvalue weighted by Gasteiger charge is -2.21. The third-order valence-electron chi connectivity index (χ3n) is 2.68. The van der Waals surface area contributed by atoms with Gasteiger partial charge in [0.05, 0.1) is 12.1 Å². The van der Waals surface area contributed by atoms with Crippen molar-refractivity contribution in [2.45, 2.75) is 38.1 Å². The van der Waals surface area contributed by atoms with E-state index in [9.17, 15) is 13.2 Å². The smallest absolute Gasteiger partial charge is 0.377 e. The Hall–Kier alpha value is -1.07. The second kappa shape index (κ2) is 6.75. The summed E-state index contributed by atoms with van der Waals surface area (Å²) in [6, 6.07) is 9.04. The molecule has 2 unspecified atom stereocenters. The highest BCUT2D eigenvalue weighted by molar-refractivity contribution is 5.19. The molecule has 0 aromatic heterocycles.